The number of hydrogen-bond acceptors (Lipinski definition) is 3. The summed E-state index contributed by atoms with van der Waals surface area (Å²) in [6, 6.07) is 9.75. The number of hydrogen-bond donors (Lipinski definition) is 2. The number of aromatic amines is 1. The number of benzene rings is 1. The third kappa shape index (κ3) is 3.48. The first-order valence-corrected chi connectivity index (χ1v) is 8.63. The number of nitrogens with one attached hydrogen (secondary N) is 1. The average Bonchev–Trinajstić information content (AvgIpc) is 3.19. The van der Waals surface area contributed by atoms with Crippen LogP contribution in [0, 0.1) is 11.8 Å². The molecule has 25 heavy (non-hydrogen) atoms. The topological polar surface area (TPSA) is 88.4 Å². The van der Waals surface area contributed by atoms with E-state index in [1.165, 1.54) is 0 Å². The summed E-state index contributed by atoms with van der Waals surface area (Å²) in [5, 5.41) is 1.03. The van der Waals surface area contributed by atoms with Crippen molar-refractivity contribution in [1.29, 1.82) is 0 Å². The molecule has 6 nitrogen and oxygen atoms in total. The normalized spacial score (nSPS) is 19.2. The fourth-order valence-electron chi connectivity index (χ4n) is 3.66. The molecule has 2 amide bonds. The highest BCUT2D eigenvalue weighted by Gasteiger charge is 2.39. The van der Waals surface area contributed by atoms with Gasteiger partial charge in [0.2, 0.25) is 0 Å². The van der Waals surface area contributed by atoms with E-state index in [-0.39, 0.29) is 17.7 Å². The molecule has 0 spiro atoms. The number of primary amides is 1. The third-order valence-electron chi connectivity index (χ3n) is 5.44. The minimum absolute atomic E-state index is 0.0134. The second-order valence-electron chi connectivity index (χ2n) is 7.38. The molecule has 6 heteroatoms. The number of para-hydroxylation sites is 1. The smallest absolute Gasteiger partial charge is 0.405 e. The molecule has 1 saturated heterocycles. The van der Waals surface area contributed by atoms with Gasteiger partial charge in [-0.05, 0) is 38.3 Å². The fraction of sp³-hybridized carbons (Fsp3) is 0.474. The molecule has 1 aromatic carbocycles. The number of carbonyl (C=O) groups excluding carboxylic acids is 2. The van der Waals surface area contributed by atoms with Crippen LogP contribution in [-0.2, 0) is 4.74 Å². The maximum atomic E-state index is 12.8. The average molecular weight is 343 g/mol. The van der Waals surface area contributed by atoms with Crippen molar-refractivity contribution in [3.63, 3.8) is 0 Å². The van der Waals surface area contributed by atoms with E-state index in [2.05, 4.69) is 4.98 Å². The molecule has 3 N–H and O–H groups in total. The van der Waals surface area contributed by atoms with Gasteiger partial charge in [0.25, 0.3) is 5.91 Å². The number of amides is 2. The Bertz CT molecular complexity index is 763. The van der Waals surface area contributed by atoms with Crippen LogP contribution < -0.4 is 5.73 Å². The van der Waals surface area contributed by atoms with Gasteiger partial charge in [-0.15, -0.1) is 0 Å². The second-order valence-corrected chi connectivity index (χ2v) is 7.38. The number of rotatable bonds is 4. The summed E-state index contributed by atoms with van der Waals surface area (Å²) in [4.78, 5) is 29.0. The first-order chi connectivity index (χ1) is 11.8. The van der Waals surface area contributed by atoms with Crippen LogP contribution in [0.1, 0.15) is 37.7 Å². The highest BCUT2D eigenvalue weighted by Crippen LogP contribution is 2.34. The predicted octanol–water partition coefficient (Wildman–Crippen LogP) is 3.14. The number of likely N-dealkylation sites (tertiary alicyclic amines) is 1. The van der Waals surface area contributed by atoms with Crippen LogP contribution in [0.2, 0.25) is 0 Å². The summed E-state index contributed by atoms with van der Waals surface area (Å²) < 4.78 is 5.26. The molecule has 1 aromatic heterocycles. The third-order valence-corrected chi connectivity index (χ3v) is 5.44. The molecule has 0 saturated carbocycles. The van der Waals surface area contributed by atoms with Crippen molar-refractivity contribution < 1.29 is 14.3 Å². The van der Waals surface area contributed by atoms with Crippen LogP contribution in [0.25, 0.3) is 10.9 Å². The maximum absolute atomic E-state index is 12.8. The Balaban J connectivity index is 1.69. The lowest BCUT2D eigenvalue weighted by Gasteiger charge is -2.34. The molecular weight excluding hydrogens is 318 g/mol. The minimum Gasteiger partial charge on any atom is -0.443 e. The minimum atomic E-state index is -0.763. The Kier molecular flexibility index (Phi) is 4.45. The largest absolute Gasteiger partial charge is 0.443 e. The van der Waals surface area contributed by atoms with E-state index in [0.29, 0.717) is 18.8 Å². The molecule has 0 bridgehead atoms. The first kappa shape index (κ1) is 17.3. The number of fused-ring (bicyclic) bond motifs is 1. The van der Waals surface area contributed by atoms with Crippen molar-refractivity contribution in [2.45, 2.75) is 32.8 Å². The number of ether oxygens (including phenoxy) is 1. The van der Waals surface area contributed by atoms with Gasteiger partial charge in [-0.25, -0.2) is 4.79 Å². The van der Waals surface area contributed by atoms with Crippen LogP contribution >= 0.6 is 0 Å². The first-order valence-electron chi connectivity index (χ1n) is 8.63. The molecule has 134 valence electrons. The van der Waals surface area contributed by atoms with Crippen molar-refractivity contribution in [3.8, 4) is 0 Å². The molecule has 1 aliphatic heterocycles. The Morgan fingerprint density at radius 2 is 2.08 bits per heavy atom. The lowest BCUT2D eigenvalue weighted by atomic mass is 9.81. The van der Waals surface area contributed by atoms with Gasteiger partial charge in [0.05, 0.1) is 0 Å². The highest BCUT2D eigenvalue weighted by atomic mass is 16.6. The van der Waals surface area contributed by atoms with E-state index in [1.807, 2.05) is 56.0 Å². The molecule has 0 aliphatic carbocycles. The highest BCUT2D eigenvalue weighted by molar-refractivity contribution is 5.98. The summed E-state index contributed by atoms with van der Waals surface area (Å²) in [5.41, 5.74) is 6.09. The Hall–Kier alpha value is -2.50. The molecule has 2 heterocycles. The van der Waals surface area contributed by atoms with Crippen LogP contribution in [0.3, 0.4) is 0 Å². The number of nitrogens with zero attached hydrogens (tertiary/aromatic N) is 1. The van der Waals surface area contributed by atoms with Gasteiger partial charge in [-0.2, -0.15) is 0 Å². The van der Waals surface area contributed by atoms with Crippen molar-refractivity contribution in [3.05, 3.63) is 36.0 Å². The summed E-state index contributed by atoms with van der Waals surface area (Å²) in [6.07, 6.45) is 0.124. The van der Waals surface area contributed by atoms with Gasteiger partial charge in [-0.1, -0.05) is 25.1 Å². The molecular formula is C19H25N3O3. The standard InChI is InChI=1S/C19H25N3O3/c1-12(19(2,3)25-18(20)24)14-8-9-22(11-14)17(23)16-10-13-6-4-5-7-15(13)21-16/h4-7,10,12,14,21H,8-9,11H2,1-3H3,(H2,20,24). The maximum Gasteiger partial charge on any atom is 0.405 e. The Morgan fingerprint density at radius 3 is 2.76 bits per heavy atom. The van der Waals surface area contributed by atoms with Gasteiger partial charge in [0.15, 0.2) is 0 Å². The zero-order valence-corrected chi connectivity index (χ0v) is 14.9. The van der Waals surface area contributed by atoms with Crippen molar-refractivity contribution in [2.24, 2.45) is 17.6 Å². The van der Waals surface area contributed by atoms with E-state index < -0.39 is 11.7 Å². The summed E-state index contributed by atoms with van der Waals surface area (Å²) in [7, 11) is 0. The van der Waals surface area contributed by atoms with Crippen molar-refractivity contribution in [1.82, 2.24) is 9.88 Å². The summed E-state index contributed by atoms with van der Waals surface area (Å²) in [5.74, 6) is 0.378. The molecule has 1 fully saturated rings. The van der Waals surface area contributed by atoms with E-state index in [1.54, 1.807) is 0 Å². The number of nitrogens with two attached hydrogens (primary N) is 1. The molecule has 3 rings (SSSR count). The number of aromatic nitrogens is 1. The molecule has 0 radical (unpaired) electrons. The zero-order valence-electron chi connectivity index (χ0n) is 14.9. The van der Waals surface area contributed by atoms with E-state index in [4.69, 9.17) is 10.5 Å². The van der Waals surface area contributed by atoms with E-state index in [0.717, 1.165) is 17.3 Å². The summed E-state index contributed by atoms with van der Waals surface area (Å²) in [6.45, 7) is 7.14. The Labute approximate surface area is 147 Å². The van der Waals surface area contributed by atoms with Gasteiger partial charge in [-0.3, -0.25) is 4.79 Å². The van der Waals surface area contributed by atoms with Crippen LogP contribution in [0.15, 0.2) is 30.3 Å². The Morgan fingerprint density at radius 1 is 1.36 bits per heavy atom. The fourth-order valence-corrected chi connectivity index (χ4v) is 3.66. The van der Waals surface area contributed by atoms with Gasteiger partial charge >= 0.3 is 6.09 Å². The quantitative estimate of drug-likeness (QED) is 0.894. The van der Waals surface area contributed by atoms with Crippen LogP contribution in [0.4, 0.5) is 4.79 Å². The van der Waals surface area contributed by atoms with E-state index >= 15 is 0 Å². The zero-order chi connectivity index (χ0) is 18.2. The van der Waals surface area contributed by atoms with Crippen LogP contribution in [0.5, 0.6) is 0 Å². The number of H-pyrrole nitrogens is 1. The predicted molar refractivity (Wildman–Crippen MR) is 96.2 cm³/mol. The molecule has 1 aliphatic rings. The van der Waals surface area contributed by atoms with Gasteiger partial charge in [0.1, 0.15) is 11.3 Å². The second kappa shape index (κ2) is 6.43. The lowest BCUT2D eigenvalue weighted by Crippen LogP contribution is -2.41. The van der Waals surface area contributed by atoms with Gasteiger partial charge in [0, 0.05) is 29.9 Å². The van der Waals surface area contributed by atoms with Crippen molar-refractivity contribution >= 4 is 22.9 Å². The monoisotopic (exact) mass is 343 g/mol. The van der Waals surface area contributed by atoms with Gasteiger partial charge < -0.3 is 20.4 Å². The van der Waals surface area contributed by atoms with E-state index in [9.17, 15) is 9.59 Å². The number of carbonyl (C=O) groups is 2. The molecule has 2 unspecified atom stereocenters. The summed E-state index contributed by atoms with van der Waals surface area (Å²) >= 11 is 0. The van der Waals surface area contributed by atoms with Crippen LogP contribution in [-0.4, -0.2) is 40.6 Å². The lowest BCUT2D eigenvalue weighted by molar-refractivity contribution is -0.0145. The molecule has 2 atom stereocenters. The SMILES string of the molecule is CC(C1CCN(C(=O)c2cc3ccccc3[nH]2)C1)C(C)(C)OC(N)=O. The molecule has 2 aromatic rings. The van der Waals surface area contributed by atoms with Crippen molar-refractivity contribution in [2.75, 3.05) is 13.1 Å².